The maximum atomic E-state index is 11.7. The molecule has 0 radical (unpaired) electrons. The van der Waals surface area contributed by atoms with Gasteiger partial charge in [0.05, 0.1) is 11.1 Å². The Labute approximate surface area is 103 Å². The van der Waals surface area contributed by atoms with Gasteiger partial charge in [0, 0.05) is 31.7 Å². The summed E-state index contributed by atoms with van der Waals surface area (Å²) in [6.07, 6.45) is 2.22. The van der Waals surface area contributed by atoms with E-state index in [1.807, 2.05) is 0 Å². The Kier molecular flexibility index (Phi) is 3.88. The minimum absolute atomic E-state index is 0.0274. The number of hydrogen-bond donors (Lipinski definition) is 3. The Hall–Kier alpha value is -1.24. The predicted octanol–water partition coefficient (Wildman–Crippen LogP) is -0.560. The van der Waals surface area contributed by atoms with E-state index in [1.54, 1.807) is 0 Å². The SMILES string of the molecule is O=C(NCC1CNCC1O)c1ncncc1Cl. The largest absolute Gasteiger partial charge is 0.391 e. The molecule has 7 heteroatoms. The zero-order valence-corrected chi connectivity index (χ0v) is 9.81. The highest BCUT2D eigenvalue weighted by Gasteiger charge is 2.25. The van der Waals surface area contributed by atoms with Gasteiger partial charge in [-0.2, -0.15) is 0 Å². The molecule has 6 nitrogen and oxygen atoms in total. The number of aliphatic hydroxyl groups excluding tert-OH is 1. The lowest BCUT2D eigenvalue weighted by Gasteiger charge is -2.13. The van der Waals surface area contributed by atoms with Crippen LogP contribution in [-0.4, -0.2) is 46.7 Å². The van der Waals surface area contributed by atoms with Crippen LogP contribution in [0.4, 0.5) is 0 Å². The second kappa shape index (κ2) is 5.39. The second-order valence-corrected chi connectivity index (χ2v) is 4.32. The molecule has 1 aliphatic heterocycles. The van der Waals surface area contributed by atoms with Crippen molar-refractivity contribution in [2.24, 2.45) is 5.92 Å². The van der Waals surface area contributed by atoms with Crippen molar-refractivity contribution in [3.63, 3.8) is 0 Å². The molecular formula is C10H13ClN4O2. The molecule has 17 heavy (non-hydrogen) atoms. The van der Waals surface area contributed by atoms with E-state index in [0.717, 1.165) is 0 Å². The number of aliphatic hydroxyl groups is 1. The third kappa shape index (κ3) is 2.91. The standard InChI is InChI=1S/C10H13ClN4O2/c11-7-3-13-5-15-9(7)10(17)14-2-6-1-12-4-8(6)16/h3,5-6,8,12,16H,1-2,4H2,(H,14,17). The molecule has 92 valence electrons. The van der Waals surface area contributed by atoms with Gasteiger partial charge in [0.15, 0.2) is 0 Å². The number of aromatic nitrogens is 2. The summed E-state index contributed by atoms with van der Waals surface area (Å²) < 4.78 is 0. The van der Waals surface area contributed by atoms with Crippen molar-refractivity contribution in [1.29, 1.82) is 0 Å². The van der Waals surface area contributed by atoms with Gasteiger partial charge in [0.1, 0.15) is 12.0 Å². The Morgan fingerprint density at radius 1 is 1.65 bits per heavy atom. The lowest BCUT2D eigenvalue weighted by atomic mass is 10.1. The zero-order valence-electron chi connectivity index (χ0n) is 9.06. The molecule has 2 atom stereocenters. The normalized spacial score (nSPS) is 23.6. The fraction of sp³-hybridized carbons (Fsp3) is 0.500. The molecule has 1 amide bonds. The van der Waals surface area contributed by atoms with Gasteiger partial charge in [-0.05, 0) is 0 Å². The molecule has 0 aromatic carbocycles. The first-order chi connectivity index (χ1) is 8.18. The highest BCUT2D eigenvalue weighted by atomic mass is 35.5. The minimum atomic E-state index is -0.420. The van der Waals surface area contributed by atoms with Crippen LogP contribution >= 0.6 is 11.6 Å². The summed E-state index contributed by atoms with van der Waals surface area (Å²) in [6.45, 7) is 1.65. The second-order valence-electron chi connectivity index (χ2n) is 3.91. The summed E-state index contributed by atoms with van der Waals surface area (Å²) in [5.41, 5.74) is 0.155. The van der Waals surface area contributed by atoms with Crippen LogP contribution in [0.3, 0.4) is 0 Å². The van der Waals surface area contributed by atoms with E-state index >= 15 is 0 Å². The third-order valence-corrected chi connectivity index (χ3v) is 2.99. The number of amides is 1. The van der Waals surface area contributed by atoms with Crippen LogP contribution in [0, 0.1) is 5.92 Å². The Balaban J connectivity index is 1.91. The quantitative estimate of drug-likeness (QED) is 0.675. The molecule has 0 bridgehead atoms. The van der Waals surface area contributed by atoms with Gasteiger partial charge >= 0.3 is 0 Å². The van der Waals surface area contributed by atoms with Crippen molar-refractivity contribution in [2.75, 3.05) is 19.6 Å². The van der Waals surface area contributed by atoms with Gasteiger partial charge in [0.2, 0.25) is 0 Å². The average molecular weight is 257 g/mol. The highest BCUT2D eigenvalue weighted by molar-refractivity contribution is 6.33. The summed E-state index contributed by atoms with van der Waals surface area (Å²) >= 11 is 5.80. The maximum Gasteiger partial charge on any atom is 0.271 e. The molecule has 1 saturated heterocycles. The van der Waals surface area contributed by atoms with E-state index in [0.29, 0.717) is 19.6 Å². The van der Waals surface area contributed by atoms with Crippen molar-refractivity contribution in [3.8, 4) is 0 Å². The number of rotatable bonds is 3. The fourth-order valence-corrected chi connectivity index (χ4v) is 1.91. The van der Waals surface area contributed by atoms with Gasteiger partial charge in [-0.15, -0.1) is 0 Å². The van der Waals surface area contributed by atoms with Gasteiger partial charge in [-0.25, -0.2) is 9.97 Å². The lowest BCUT2D eigenvalue weighted by Crippen LogP contribution is -2.34. The number of carbonyl (C=O) groups is 1. The predicted molar refractivity (Wildman–Crippen MR) is 61.7 cm³/mol. The van der Waals surface area contributed by atoms with Crippen LogP contribution in [0.1, 0.15) is 10.5 Å². The summed E-state index contributed by atoms with van der Waals surface area (Å²) in [4.78, 5) is 19.3. The lowest BCUT2D eigenvalue weighted by molar-refractivity contribution is 0.0922. The molecular weight excluding hydrogens is 244 g/mol. The van der Waals surface area contributed by atoms with Crippen molar-refractivity contribution < 1.29 is 9.90 Å². The van der Waals surface area contributed by atoms with Crippen LogP contribution in [0.2, 0.25) is 5.02 Å². The van der Waals surface area contributed by atoms with Crippen LogP contribution in [-0.2, 0) is 0 Å². The Bertz CT molecular complexity index is 415. The molecule has 1 fully saturated rings. The van der Waals surface area contributed by atoms with Crippen LogP contribution < -0.4 is 10.6 Å². The minimum Gasteiger partial charge on any atom is -0.391 e. The number of hydrogen-bond acceptors (Lipinski definition) is 5. The fourth-order valence-electron chi connectivity index (χ4n) is 1.71. The van der Waals surface area contributed by atoms with Crippen LogP contribution in [0.5, 0.6) is 0 Å². The first-order valence-corrected chi connectivity index (χ1v) is 5.68. The van der Waals surface area contributed by atoms with E-state index in [-0.39, 0.29) is 22.5 Å². The zero-order chi connectivity index (χ0) is 12.3. The molecule has 2 rings (SSSR count). The van der Waals surface area contributed by atoms with Crippen molar-refractivity contribution >= 4 is 17.5 Å². The van der Waals surface area contributed by atoms with Gasteiger partial charge in [-0.1, -0.05) is 11.6 Å². The van der Waals surface area contributed by atoms with Crippen molar-refractivity contribution in [1.82, 2.24) is 20.6 Å². The third-order valence-electron chi connectivity index (χ3n) is 2.71. The number of nitrogens with one attached hydrogen (secondary N) is 2. The molecule has 2 heterocycles. The average Bonchev–Trinajstić information content (AvgIpc) is 2.72. The first-order valence-electron chi connectivity index (χ1n) is 5.31. The number of carbonyl (C=O) groups excluding carboxylic acids is 1. The summed E-state index contributed by atoms with van der Waals surface area (Å²) in [5, 5.41) is 15.5. The molecule has 3 N–H and O–H groups in total. The molecule has 0 saturated carbocycles. The molecule has 0 aliphatic carbocycles. The highest BCUT2D eigenvalue weighted by Crippen LogP contribution is 2.11. The Morgan fingerprint density at radius 3 is 3.12 bits per heavy atom. The Morgan fingerprint density at radius 2 is 2.47 bits per heavy atom. The molecule has 1 aliphatic rings. The monoisotopic (exact) mass is 256 g/mol. The van der Waals surface area contributed by atoms with Gasteiger partial charge in [-0.3, -0.25) is 4.79 Å². The molecule has 0 spiro atoms. The molecule has 1 aromatic heterocycles. The van der Waals surface area contributed by atoms with Gasteiger partial charge in [0.25, 0.3) is 5.91 Å². The van der Waals surface area contributed by atoms with Crippen LogP contribution in [0.15, 0.2) is 12.5 Å². The van der Waals surface area contributed by atoms with E-state index in [2.05, 4.69) is 20.6 Å². The van der Waals surface area contributed by atoms with E-state index < -0.39 is 6.10 Å². The summed E-state index contributed by atoms with van der Waals surface area (Å²) in [6, 6.07) is 0. The molecule has 1 aromatic rings. The van der Waals surface area contributed by atoms with E-state index in [1.165, 1.54) is 12.5 Å². The number of β-amino-alcohol motifs (C(OH)–C–C–N with tert-alkyl or cyclic N) is 1. The van der Waals surface area contributed by atoms with Crippen LogP contribution in [0.25, 0.3) is 0 Å². The summed E-state index contributed by atoms with van der Waals surface area (Å²) in [7, 11) is 0. The first kappa shape index (κ1) is 12.2. The smallest absolute Gasteiger partial charge is 0.271 e. The number of halogens is 1. The number of nitrogens with zero attached hydrogens (tertiary/aromatic N) is 2. The van der Waals surface area contributed by atoms with Gasteiger partial charge < -0.3 is 15.7 Å². The van der Waals surface area contributed by atoms with E-state index in [4.69, 9.17) is 11.6 Å². The van der Waals surface area contributed by atoms with Crippen molar-refractivity contribution in [2.45, 2.75) is 6.10 Å². The van der Waals surface area contributed by atoms with E-state index in [9.17, 15) is 9.90 Å². The molecule has 2 unspecified atom stereocenters. The maximum absolute atomic E-state index is 11.7. The van der Waals surface area contributed by atoms with Crippen molar-refractivity contribution in [3.05, 3.63) is 23.2 Å². The topological polar surface area (TPSA) is 87.1 Å². The summed E-state index contributed by atoms with van der Waals surface area (Å²) in [5.74, 6) is -0.323.